The zero-order valence-electron chi connectivity index (χ0n) is 17.4. The molecule has 6 nitrogen and oxygen atoms in total. The average molecular weight is 463 g/mol. The molecule has 7 heteroatoms. The molecule has 29 heavy (non-hydrogen) atoms. The van der Waals surface area contributed by atoms with Gasteiger partial charge in [-0.3, -0.25) is 4.79 Å². The lowest BCUT2D eigenvalue weighted by molar-refractivity contribution is -0.123. The number of carbonyl (C=O) groups excluding carboxylic acids is 1. The standard InChI is InChI=1S/C22H27BrN2O4/c1-6-28-20-8-7-17(27-5)10-16(20)12-24-25-22(26)13-29-21-9-15(4)19(23)11-18(21)14(2)3/h7-12,14H,6,13H2,1-5H3,(H,25,26)/b24-12-. The third kappa shape index (κ3) is 6.49. The maximum atomic E-state index is 12.2. The van der Waals surface area contributed by atoms with Crippen LogP contribution < -0.4 is 19.6 Å². The molecule has 0 unspecified atom stereocenters. The van der Waals surface area contributed by atoms with Gasteiger partial charge >= 0.3 is 0 Å². The van der Waals surface area contributed by atoms with Crippen molar-refractivity contribution in [3.8, 4) is 17.2 Å². The van der Waals surface area contributed by atoms with E-state index in [1.54, 1.807) is 25.3 Å². The van der Waals surface area contributed by atoms with E-state index in [1.165, 1.54) is 6.21 Å². The first kappa shape index (κ1) is 22.7. The lowest BCUT2D eigenvalue weighted by atomic mass is 10.0. The lowest BCUT2D eigenvalue weighted by Crippen LogP contribution is -2.25. The molecule has 0 bridgehead atoms. The van der Waals surface area contributed by atoms with E-state index in [2.05, 4.69) is 40.3 Å². The van der Waals surface area contributed by atoms with Crippen LogP contribution in [0.4, 0.5) is 0 Å². The Hall–Kier alpha value is -2.54. The number of halogens is 1. The molecule has 0 heterocycles. The molecule has 0 aromatic heterocycles. The molecule has 0 aliphatic carbocycles. The third-order valence-electron chi connectivity index (χ3n) is 4.18. The van der Waals surface area contributed by atoms with Gasteiger partial charge in [0.15, 0.2) is 6.61 Å². The Morgan fingerprint density at radius 3 is 2.62 bits per heavy atom. The molecule has 0 spiro atoms. The van der Waals surface area contributed by atoms with Crippen molar-refractivity contribution in [3.63, 3.8) is 0 Å². The quantitative estimate of drug-likeness (QED) is 0.428. The maximum Gasteiger partial charge on any atom is 0.277 e. The second-order valence-electron chi connectivity index (χ2n) is 6.71. The van der Waals surface area contributed by atoms with Gasteiger partial charge in [-0.15, -0.1) is 0 Å². The number of aryl methyl sites for hydroxylation is 1. The number of nitrogens with zero attached hydrogens (tertiary/aromatic N) is 1. The van der Waals surface area contributed by atoms with Crippen LogP contribution in [0.15, 0.2) is 39.9 Å². The van der Waals surface area contributed by atoms with E-state index in [4.69, 9.17) is 14.2 Å². The lowest BCUT2D eigenvalue weighted by Gasteiger charge is -2.15. The Balaban J connectivity index is 2.02. The number of nitrogens with one attached hydrogen (secondary N) is 1. The second kappa shape index (κ2) is 10.9. The average Bonchev–Trinajstić information content (AvgIpc) is 2.69. The number of ether oxygens (including phenoxy) is 3. The minimum atomic E-state index is -0.350. The van der Waals surface area contributed by atoms with Crippen LogP contribution in [-0.2, 0) is 4.79 Å². The van der Waals surface area contributed by atoms with Crippen molar-refractivity contribution in [1.82, 2.24) is 5.43 Å². The minimum absolute atomic E-state index is 0.130. The number of amides is 1. The van der Waals surface area contributed by atoms with E-state index < -0.39 is 0 Å². The summed E-state index contributed by atoms with van der Waals surface area (Å²) >= 11 is 3.54. The van der Waals surface area contributed by atoms with Crippen molar-refractivity contribution < 1.29 is 19.0 Å². The molecule has 2 rings (SSSR count). The number of carbonyl (C=O) groups is 1. The highest BCUT2D eigenvalue weighted by atomic mass is 79.9. The van der Waals surface area contributed by atoms with Crippen molar-refractivity contribution in [1.29, 1.82) is 0 Å². The van der Waals surface area contributed by atoms with E-state index in [0.29, 0.717) is 29.4 Å². The molecule has 0 aliphatic rings. The summed E-state index contributed by atoms with van der Waals surface area (Å²) in [7, 11) is 1.59. The Morgan fingerprint density at radius 2 is 1.97 bits per heavy atom. The molecule has 0 saturated heterocycles. The first-order valence-electron chi connectivity index (χ1n) is 9.41. The van der Waals surface area contributed by atoms with Crippen molar-refractivity contribution in [3.05, 3.63) is 51.5 Å². The first-order chi connectivity index (χ1) is 13.8. The number of hydrogen-bond acceptors (Lipinski definition) is 5. The number of rotatable bonds is 9. The summed E-state index contributed by atoms with van der Waals surface area (Å²) < 4.78 is 17.6. The van der Waals surface area contributed by atoms with Gasteiger partial charge in [0.25, 0.3) is 5.91 Å². The highest BCUT2D eigenvalue weighted by Gasteiger charge is 2.12. The topological polar surface area (TPSA) is 69.2 Å². The molecule has 0 atom stereocenters. The SMILES string of the molecule is CCOc1ccc(OC)cc1/C=N\NC(=O)COc1cc(C)c(Br)cc1C(C)C. The number of hydrogen-bond donors (Lipinski definition) is 1. The van der Waals surface area contributed by atoms with Crippen molar-refractivity contribution in [2.75, 3.05) is 20.3 Å². The van der Waals surface area contributed by atoms with Crippen LogP contribution in [0.3, 0.4) is 0 Å². The van der Waals surface area contributed by atoms with Gasteiger partial charge in [-0.2, -0.15) is 5.10 Å². The summed E-state index contributed by atoms with van der Waals surface area (Å²) in [6.07, 6.45) is 1.52. The van der Waals surface area contributed by atoms with Crippen LogP contribution in [0.1, 0.15) is 43.4 Å². The van der Waals surface area contributed by atoms with Crippen molar-refractivity contribution in [2.45, 2.75) is 33.6 Å². The fourth-order valence-electron chi connectivity index (χ4n) is 2.64. The Morgan fingerprint density at radius 1 is 1.21 bits per heavy atom. The predicted molar refractivity (Wildman–Crippen MR) is 118 cm³/mol. The molecule has 1 N–H and O–H groups in total. The largest absolute Gasteiger partial charge is 0.497 e. The van der Waals surface area contributed by atoms with E-state index in [1.807, 2.05) is 26.0 Å². The van der Waals surface area contributed by atoms with Gasteiger partial charge in [0.1, 0.15) is 17.2 Å². The molecular weight excluding hydrogens is 436 g/mol. The predicted octanol–water partition coefficient (Wildman–Crippen LogP) is 4.82. The van der Waals surface area contributed by atoms with Crippen molar-refractivity contribution >= 4 is 28.1 Å². The van der Waals surface area contributed by atoms with E-state index in [-0.39, 0.29) is 18.4 Å². The minimum Gasteiger partial charge on any atom is -0.497 e. The van der Waals surface area contributed by atoms with Gasteiger partial charge in [-0.1, -0.05) is 29.8 Å². The van der Waals surface area contributed by atoms with E-state index >= 15 is 0 Å². The molecule has 156 valence electrons. The summed E-state index contributed by atoms with van der Waals surface area (Å²) in [5, 5.41) is 4.01. The highest BCUT2D eigenvalue weighted by Crippen LogP contribution is 2.32. The van der Waals surface area contributed by atoms with Gasteiger partial charge < -0.3 is 14.2 Å². The molecule has 1 amide bonds. The highest BCUT2D eigenvalue weighted by molar-refractivity contribution is 9.10. The van der Waals surface area contributed by atoms with E-state index in [0.717, 1.165) is 15.6 Å². The monoisotopic (exact) mass is 462 g/mol. The Bertz CT molecular complexity index is 881. The van der Waals surface area contributed by atoms with Crippen LogP contribution in [0.5, 0.6) is 17.2 Å². The number of hydrazone groups is 1. The van der Waals surface area contributed by atoms with Crippen LogP contribution in [0, 0.1) is 6.92 Å². The zero-order chi connectivity index (χ0) is 21.4. The van der Waals surface area contributed by atoms with Gasteiger partial charge in [0.2, 0.25) is 0 Å². The summed E-state index contributed by atoms with van der Waals surface area (Å²) in [5.41, 5.74) is 5.27. The van der Waals surface area contributed by atoms with Crippen LogP contribution in [-0.4, -0.2) is 32.4 Å². The molecule has 0 radical (unpaired) electrons. The van der Waals surface area contributed by atoms with Crippen LogP contribution >= 0.6 is 15.9 Å². The Labute approximate surface area is 180 Å². The molecule has 0 aliphatic heterocycles. The second-order valence-corrected chi connectivity index (χ2v) is 7.57. The van der Waals surface area contributed by atoms with Gasteiger partial charge in [-0.05, 0) is 61.2 Å². The summed E-state index contributed by atoms with van der Waals surface area (Å²) in [6, 6.07) is 9.36. The molecule has 0 saturated carbocycles. The normalized spacial score (nSPS) is 11.0. The third-order valence-corrected chi connectivity index (χ3v) is 5.04. The zero-order valence-corrected chi connectivity index (χ0v) is 19.0. The smallest absolute Gasteiger partial charge is 0.277 e. The van der Waals surface area contributed by atoms with Crippen LogP contribution in [0.25, 0.3) is 0 Å². The number of benzene rings is 2. The molecular formula is C22H27BrN2O4. The summed E-state index contributed by atoms with van der Waals surface area (Å²) in [4.78, 5) is 12.2. The fraction of sp³-hybridized carbons (Fsp3) is 0.364. The maximum absolute atomic E-state index is 12.2. The van der Waals surface area contributed by atoms with E-state index in [9.17, 15) is 4.79 Å². The van der Waals surface area contributed by atoms with Gasteiger partial charge in [0, 0.05) is 10.0 Å². The van der Waals surface area contributed by atoms with Gasteiger partial charge in [0.05, 0.1) is 19.9 Å². The van der Waals surface area contributed by atoms with Crippen LogP contribution in [0.2, 0.25) is 0 Å². The Kier molecular flexibility index (Phi) is 8.51. The van der Waals surface area contributed by atoms with Crippen molar-refractivity contribution in [2.24, 2.45) is 5.10 Å². The fourth-order valence-corrected chi connectivity index (χ4v) is 3.00. The first-order valence-corrected chi connectivity index (χ1v) is 10.2. The molecule has 2 aromatic carbocycles. The molecule has 2 aromatic rings. The number of methoxy groups -OCH3 is 1. The summed E-state index contributed by atoms with van der Waals surface area (Å²) in [5.74, 6) is 1.96. The van der Waals surface area contributed by atoms with Gasteiger partial charge in [-0.25, -0.2) is 5.43 Å². The summed E-state index contributed by atoms with van der Waals surface area (Å²) in [6.45, 7) is 8.44. The molecule has 0 fully saturated rings.